The molecule has 0 spiro atoms. The molecular formula is C5H9N5. The smallest absolute Gasteiger partial charge is 0.227 e. The third kappa shape index (κ3) is 1.25. The summed E-state index contributed by atoms with van der Waals surface area (Å²) in [5.41, 5.74) is 5.35. The Kier molecular flexibility index (Phi) is 1.57. The molecule has 5 nitrogen and oxygen atoms in total. The first kappa shape index (κ1) is 6.60. The summed E-state index contributed by atoms with van der Waals surface area (Å²) >= 11 is 0. The number of hydrogen-bond donors (Lipinski definition) is 3. The molecule has 0 atom stereocenters. The highest BCUT2D eigenvalue weighted by atomic mass is 15.3. The third-order valence-electron chi connectivity index (χ3n) is 0.963. The van der Waals surface area contributed by atoms with Crippen molar-refractivity contribution in [2.75, 3.05) is 7.05 Å². The molecule has 0 fully saturated rings. The zero-order valence-electron chi connectivity index (χ0n) is 5.68. The van der Waals surface area contributed by atoms with E-state index in [-0.39, 0.29) is 0 Å². The number of nitrogens with zero attached hydrogens (tertiary/aromatic N) is 2. The predicted molar refractivity (Wildman–Crippen MR) is 40.4 cm³/mol. The number of nitrogens with one attached hydrogen (secondary N) is 2. The van der Waals surface area contributed by atoms with Crippen molar-refractivity contribution in [3.05, 3.63) is 12.4 Å². The number of hydrogen-bond acceptors (Lipinski definition) is 5. The standard InChI is InChI=1S/C5H9N5/c1-3-8-4(6)10-5(7-2)9-3/h1H2,2H3,(H4,6,7,8,9,10). The van der Waals surface area contributed by atoms with Crippen LogP contribution in [0.25, 0.3) is 0 Å². The molecule has 0 radical (unpaired) electrons. The first-order valence-corrected chi connectivity index (χ1v) is 2.79. The van der Waals surface area contributed by atoms with Crippen molar-refractivity contribution in [2.45, 2.75) is 0 Å². The van der Waals surface area contributed by atoms with E-state index >= 15 is 0 Å². The minimum Gasteiger partial charge on any atom is -0.369 e. The molecule has 0 aromatic heterocycles. The van der Waals surface area contributed by atoms with Gasteiger partial charge in [0.1, 0.15) is 5.82 Å². The molecule has 0 aromatic rings. The van der Waals surface area contributed by atoms with E-state index in [1.54, 1.807) is 7.05 Å². The predicted octanol–water partition coefficient (Wildman–Crippen LogP) is -1.05. The molecule has 1 heterocycles. The van der Waals surface area contributed by atoms with E-state index in [2.05, 4.69) is 27.2 Å². The summed E-state index contributed by atoms with van der Waals surface area (Å²) < 4.78 is 0. The lowest BCUT2D eigenvalue weighted by molar-refractivity contribution is 0.998. The van der Waals surface area contributed by atoms with Crippen LogP contribution in [-0.4, -0.2) is 19.0 Å². The minimum absolute atomic E-state index is 0.310. The molecule has 54 valence electrons. The lowest BCUT2D eigenvalue weighted by atomic mass is 10.7. The van der Waals surface area contributed by atoms with Gasteiger partial charge in [-0.2, -0.15) is 9.98 Å². The summed E-state index contributed by atoms with van der Waals surface area (Å²) in [4.78, 5) is 7.70. The lowest BCUT2D eigenvalue weighted by Crippen LogP contribution is -2.36. The number of rotatable bonds is 0. The van der Waals surface area contributed by atoms with Gasteiger partial charge in [0.05, 0.1) is 0 Å². The van der Waals surface area contributed by atoms with Gasteiger partial charge < -0.3 is 16.4 Å². The SMILES string of the molecule is C=C1N=C(NC)N=C(N)N1. The molecule has 0 bridgehead atoms. The van der Waals surface area contributed by atoms with E-state index in [0.717, 1.165) is 0 Å². The van der Waals surface area contributed by atoms with Crippen molar-refractivity contribution < 1.29 is 0 Å². The molecule has 1 aliphatic rings. The van der Waals surface area contributed by atoms with Crippen molar-refractivity contribution in [1.29, 1.82) is 0 Å². The fraction of sp³-hybridized carbons (Fsp3) is 0.200. The zero-order valence-corrected chi connectivity index (χ0v) is 5.68. The Balaban J connectivity index is 2.82. The maximum Gasteiger partial charge on any atom is 0.227 e. The Bertz CT molecular complexity index is 214. The van der Waals surface area contributed by atoms with Crippen molar-refractivity contribution in [3.63, 3.8) is 0 Å². The van der Waals surface area contributed by atoms with Gasteiger partial charge in [0, 0.05) is 7.05 Å². The van der Waals surface area contributed by atoms with Crippen molar-refractivity contribution in [2.24, 2.45) is 15.7 Å². The van der Waals surface area contributed by atoms with Crippen LogP contribution in [0.1, 0.15) is 0 Å². The van der Waals surface area contributed by atoms with Gasteiger partial charge in [0.25, 0.3) is 0 Å². The van der Waals surface area contributed by atoms with Gasteiger partial charge in [0.15, 0.2) is 0 Å². The van der Waals surface area contributed by atoms with Gasteiger partial charge in [-0.25, -0.2) is 0 Å². The normalized spacial score (nSPS) is 17.1. The average Bonchev–Trinajstić information content (AvgIpc) is 1.85. The van der Waals surface area contributed by atoms with Gasteiger partial charge in [-0.15, -0.1) is 0 Å². The summed E-state index contributed by atoms with van der Waals surface area (Å²) in [6.45, 7) is 3.56. The minimum atomic E-state index is 0.310. The number of aliphatic imine (C=N–C) groups is 2. The van der Waals surface area contributed by atoms with Crippen LogP contribution in [0.2, 0.25) is 0 Å². The summed E-state index contributed by atoms with van der Waals surface area (Å²) in [6.07, 6.45) is 0. The molecule has 10 heavy (non-hydrogen) atoms. The van der Waals surface area contributed by atoms with Crippen LogP contribution >= 0.6 is 0 Å². The van der Waals surface area contributed by atoms with Crippen LogP contribution < -0.4 is 16.4 Å². The van der Waals surface area contributed by atoms with Crippen molar-refractivity contribution >= 4 is 11.9 Å². The Labute approximate surface area is 58.7 Å². The Hall–Kier alpha value is -1.52. The molecular weight excluding hydrogens is 130 g/mol. The summed E-state index contributed by atoms with van der Waals surface area (Å²) in [7, 11) is 1.72. The number of guanidine groups is 2. The van der Waals surface area contributed by atoms with Gasteiger partial charge in [-0.3, -0.25) is 0 Å². The largest absolute Gasteiger partial charge is 0.369 e. The van der Waals surface area contributed by atoms with Crippen LogP contribution in [0, 0.1) is 0 Å². The van der Waals surface area contributed by atoms with Gasteiger partial charge in [-0.1, -0.05) is 6.58 Å². The highest BCUT2D eigenvalue weighted by Gasteiger charge is 2.03. The highest BCUT2D eigenvalue weighted by Crippen LogP contribution is 1.92. The van der Waals surface area contributed by atoms with Crippen LogP contribution in [0.3, 0.4) is 0 Å². The van der Waals surface area contributed by atoms with E-state index in [0.29, 0.717) is 17.7 Å². The third-order valence-corrected chi connectivity index (χ3v) is 0.963. The fourth-order valence-corrected chi connectivity index (χ4v) is 0.582. The molecule has 5 heteroatoms. The van der Waals surface area contributed by atoms with Crippen LogP contribution in [0.5, 0.6) is 0 Å². The quantitative estimate of drug-likeness (QED) is 0.401. The Morgan fingerprint density at radius 1 is 1.60 bits per heavy atom. The monoisotopic (exact) mass is 139 g/mol. The van der Waals surface area contributed by atoms with Gasteiger partial charge in [-0.05, 0) is 0 Å². The lowest BCUT2D eigenvalue weighted by Gasteiger charge is -2.10. The van der Waals surface area contributed by atoms with Crippen LogP contribution in [0.15, 0.2) is 22.4 Å². The molecule has 0 saturated carbocycles. The zero-order chi connectivity index (χ0) is 7.56. The average molecular weight is 139 g/mol. The van der Waals surface area contributed by atoms with E-state index < -0.39 is 0 Å². The molecule has 1 rings (SSSR count). The fourth-order valence-electron chi connectivity index (χ4n) is 0.582. The maximum absolute atomic E-state index is 5.35. The summed E-state index contributed by atoms with van der Waals surface area (Å²) in [5.74, 6) is 1.28. The second-order valence-corrected chi connectivity index (χ2v) is 1.75. The molecule has 0 amide bonds. The van der Waals surface area contributed by atoms with Gasteiger partial charge >= 0.3 is 0 Å². The second-order valence-electron chi connectivity index (χ2n) is 1.75. The molecule has 0 saturated heterocycles. The number of nitrogens with two attached hydrogens (primary N) is 1. The van der Waals surface area contributed by atoms with E-state index in [9.17, 15) is 0 Å². The first-order valence-electron chi connectivity index (χ1n) is 2.79. The molecule has 0 unspecified atom stereocenters. The Morgan fingerprint density at radius 3 is 2.80 bits per heavy atom. The topological polar surface area (TPSA) is 74.8 Å². The van der Waals surface area contributed by atoms with E-state index in [1.165, 1.54) is 0 Å². The highest BCUT2D eigenvalue weighted by molar-refractivity contribution is 5.97. The van der Waals surface area contributed by atoms with Crippen LogP contribution in [0.4, 0.5) is 0 Å². The summed E-state index contributed by atoms with van der Waals surface area (Å²) in [5, 5.41) is 5.40. The molecule has 0 aromatic carbocycles. The molecule has 0 aliphatic carbocycles. The van der Waals surface area contributed by atoms with E-state index in [1.807, 2.05) is 0 Å². The molecule has 1 aliphatic heterocycles. The van der Waals surface area contributed by atoms with Crippen molar-refractivity contribution in [1.82, 2.24) is 10.6 Å². The first-order chi connectivity index (χ1) is 4.72. The van der Waals surface area contributed by atoms with Crippen molar-refractivity contribution in [3.8, 4) is 0 Å². The van der Waals surface area contributed by atoms with Crippen LogP contribution in [-0.2, 0) is 0 Å². The second kappa shape index (κ2) is 2.38. The molecule has 4 N–H and O–H groups in total. The Morgan fingerprint density at radius 2 is 2.30 bits per heavy atom. The summed E-state index contributed by atoms with van der Waals surface area (Å²) in [6, 6.07) is 0. The van der Waals surface area contributed by atoms with Gasteiger partial charge in [0.2, 0.25) is 11.9 Å². The maximum atomic E-state index is 5.35. The van der Waals surface area contributed by atoms with E-state index in [4.69, 9.17) is 5.73 Å².